The normalized spacial score (nSPS) is 33.3. The van der Waals surface area contributed by atoms with Crippen LogP contribution in [0.2, 0.25) is 0 Å². The van der Waals surface area contributed by atoms with Crippen LogP contribution < -0.4 is 0 Å². The SMILES string of the molecule is CC1Cc2nc3c(n2C(C)C1)CCCC3C. The fraction of sp³-hybridized carbons (Fsp3) is 0.786. The van der Waals surface area contributed by atoms with Crippen molar-refractivity contribution in [1.82, 2.24) is 9.55 Å². The van der Waals surface area contributed by atoms with E-state index in [0.717, 1.165) is 5.92 Å². The average Bonchev–Trinajstić information content (AvgIpc) is 2.57. The van der Waals surface area contributed by atoms with E-state index < -0.39 is 0 Å². The topological polar surface area (TPSA) is 17.8 Å². The molecular weight excluding hydrogens is 196 g/mol. The van der Waals surface area contributed by atoms with Gasteiger partial charge in [0.2, 0.25) is 0 Å². The molecule has 0 saturated heterocycles. The van der Waals surface area contributed by atoms with Crippen LogP contribution in [-0.4, -0.2) is 9.55 Å². The van der Waals surface area contributed by atoms with Crippen molar-refractivity contribution in [2.24, 2.45) is 5.92 Å². The monoisotopic (exact) mass is 218 g/mol. The minimum Gasteiger partial charge on any atom is -0.329 e. The smallest absolute Gasteiger partial charge is 0.109 e. The van der Waals surface area contributed by atoms with Gasteiger partial charge in [0, 0.05) is 24.1 Å². The molecule has 2 aliphatic rings. The van der Waals surface area contributed by atoms with E-state index >= 15 is 0 Å². The molecule has 2 heteroatoms. The van der Waals surface area contributed by atoms with E-state index in [-0.39, 0.29) is 0 Å². The third-order valence-corrected chi connectivity index (χ3v) is 4.35. The lowest BCUT2D eigenvalue weighted by atomic mass is 9.90. The molecule has 0 amide bonds. The standard InChI is InChI=1S/C14H22N2/c1-9-7-11(3)16-12-6-4-5-10(2)14(12)15-13(16)8-9/h9-11H,4-8H2,1-3H3. The summed E-state index contributed by atoms with van der Waals surface area (Å²) in [5, 5.41) is 0. The van der Waals surface area contributed by atoms with Crippen molar-refractivity contribution >= 4 is 0 Å². The van der Waals surface area contributed by atoms with Crippen molar-refractivity contribution in [1.29, 1.82) is 0 Å². The van der Waals surface area contributed by atoms with Gasteiger partial charge in [-0.2, -0.15) is 0 Å². The Labute approximate surface area is 98.1 Å². The largest absolute Gasteiger partial charge is 0.329 e. The minimum atomic E-state index is 0.667. The van der Waals surface area contributed by atoms with E-state index in [1.807, 2.05) is 0 Å². The lowest BCUT2D eigenvalue weighted by Crippen LogP contribution is -2.23. The first-order valence-corrected chi connectivity index (χ1v) is 6.76. The number of nitrogens with zero attached hydrogens (tertiary/aromatic N) is 2. The van der Waals surface area contributed by atoms with Gasteiger partial charge in [-0.15, -0.1) is 0 Å². The molecule has 2 nitrogen and oxygen atoms in total. The van der Waals surface area contributed by atoms with Crippen molar-refractivity contribution in [3.05, 3.63) is 17.2 Å². The second-order valence-electron chi connectivity index (χ2n) is 5.92. The Hall–Kier alpha value is -0.790. The molecule has 3 atom stereocenters. The summed E-state index contributed by atoms with van der Waals surface area (Å²) in [7, 11) is 0. The van der Waals surface area contributed by atoms with Crippen molar-refractivity contribution in [3.8, 4) is 0 Å². The third-order valence-electron chi connectivity index (χ3n) is 4.35. The van der Waals surface area contributed by atoms with E-state index in [0.29, 0.717) is 12.0 Å². The first-order valence-electron chi connectivity index (χ1n) is 6.76. The molecule has 2 heterocycles. The summed E-state index contributed by atoms with van der Waals surface area (Å²) in [5.74, 6) is 2.86. The second kappa shape index (κ2) is 3.61. The van der Waals surface area contributed by atoms with Gasteiger partial charge in [-0.25, -0.2) is 4.98 Å². The number of fused-ring (bicyclic) bond motifs is 3. The molecular formula is C14H22N2. The van der Waals surface area contributed by atoms with Crippen LogP contribution in [0, 0.1) is 5.92 Å². The van der Waals surface area contributed by atoms with Crippen molar-refractivity contribution in [3.63, 3.8) is 0 Å². The lowest BCUT2D eigenvalue weighted by molar-refractivity contribution is 0.335. The van der Waals surface area contributed by atoms with Crippen molar-refractivity contribution in [2.75, 3.05) is 0 Å². The number of hydrogen-bond acceptors (Lipinski definition) is 1. The zero-order chi connectivity index (χ0) is 11.3. The van der Waals surface area contributed by atoms with E-state index in [2.05, 4.69) is 25.3 Å². The zero-order valence-corrected chi connectivity index (χ0v) is 10.7. The van der Waals surface area contributed by atoms with Gasteiger partial charge >= 0.3 is 0 Å². The average molecular weight is 218 g/mol. The molecule has 0 N–H and O–H groups in total. The van der Waals surface area contributed by atoms with Gasteiger partial charge < -0.3 is 4.57 Å². The van der Waals surface area contributed by atoms with Crippen LogP contribution in [0.5, 0.6) is 0 Å². The maximum absolute atomic E-state index is 4.94. The highest BCUT2D eigenvalue weighted by atomic mass is 15.1. The summed E-state index contributed by atoms with van der Waals surface area (Å²) in [6, 6.07) is 0.667. The van der Waals surface area contributed by atoms with Gasteiger partial charge in [-0.05, 0) is 38.5 Å². The molecule has 1 aliphatic heterocycles. The Bertz CT molecular complexity index is 405. The Kier molecular flexibility index (Phi) is 2.34. The summed E-state index contributed by atoms with van der Waals surface area (Å²) in [4.78, 5) is 4.94. The van der Waals surface area contributed by atoms with Gasteiger partial charge in [0.25, 0.3) is 0 Å². The lowest BCUT2D eigenvalue weighted by Gasteiger charge is -2.29. The number of imidazole rings is 1. The van der Waals surface area contributed by atoms with Crippen molar-refractivity contribution in [2.45, 2.75) is 64.8 Å². The molecule has 0 saturated carbocycles. The molecule has 0 spiro atoms. The van der Waals surface area contributed by atoms with Crippen molar-refractivity contribution < 1.29 is 0 Å². The fourth-order valence-corrected chi connectivity index (χ4v) is 3.64. The summed E-state index contributed by atoms with van der Waals surface area (Å²) in [5.41, 5.74) is 2.98. The molecule has 1 aliphatic carbocycles. The molecule has 88 valence electrons. The van der Waals surface area contributed by atoms with Crippen LogP contribution in [0.3, 0.4) is 0 Å². The molecule has 0 fully saturated rings. The van der Waals surface area contributed by atoms with Gasteiger partial charge in [-0.3, -0.25) is 0 Å². The summed E-state index contributed by atoms with van der Waals surface area (Å²) < 4.78 is 2.56. The molecule has 1 aromatic rings. The molecule has 1 aromatic heterocycles. The van der Waals surface area contributed by atoms with E-state index in [1.165, 1.54) is 43.6 Å². The van der Waals surface area contributed by atoms with Crippen LogP contribution in [0.15, 0.2) is 0 Å². The molecule has 3 unspecified atom stereocenters. The number of rotatable bonds is 0. The fourth-order valence-electron chi connectivity index (χ4n) is 3.64. The van der Waals surface area contributed by atoms with Gasteiger partial charge in [0.15, 0.2) is 0 Å². The Balaban J connectivity index is 2.10. The van der Waals surface area contributed by atoms with E-state index in [1.54, 1.807) is 5.69 Å². The van der Waals surface area contributed by atoms with Crippen LogP contribution in [0.1, 0.15) is 69.2 Å². The summed E-state index contributed by atoms with van der Waals surface area (Å²) in [6.07, 6.45) is 6.44. The highest BCUT2D eigenvalue weighted by Gasteiger charge is 2.30. The Morgan fingerprint density at radius 1 is 1.25 bits per heavy atom. The van der Waals surface area contributed by atoms with Crippen LogP contribution >= 0.6 is 0 Å². The quantitative estimate of drug-likeness (QED) is 0.652. The molecule has 3 rings (SSSR count). The van der Waals surface area contributed by atoms with Gasteiger partial charge in [0.05, 0.1) is 5.69 Å². The van der Waals surface area contributed by atoms with Gasteiger partial charge in [-0.1, -0.05) is 13.8 Å². The van der Waals surface area contributed by atoms with Gasteiger partial charge in [0.1, 0.15) is 5.82 Å². The minimum absolute atomic E-state index is 0.667. The predicted molar refractivity (Wildman–Crippen MR) is 65.8 cm³/mol. The van der Waals surface area contributed by atoms with Crippen LogP contribution in [0.25, 0.3) is 0 Å². The first kappa shape index (κ1) is 10.4. The van der Waals surface area contributed by atoms with E-state index in [9.17, 15) is 0 Å². The predicted octanol–water partition coefficient (Wildman–Crippen LogP) is 3.47. The summed E-state index contributed by atoms with van der Waals surface area (Å²) in [6.45, 7) is 7.06. The maximum atomic E-state index is 4.94. The van der Waals surface area contributed by atoms with E-state index in [4.69, 9.17) is 4.98 Å². The van der Waals surface area contributed by atoms with Crippen LogP contribution in [-0.2, 0) is 12.8 Å². The summed E-state index contributed by atoms with van der Waals surface area (Å²) >= 11 is 0. The molecule has 0 aromatic carbocycles. The van der Waals surface area contributed by atoms with Crippen LogP contribution in [0.4, 0.5) is 0 Å². The third kappa shape index (κ3) is 1.42. The maximum Gasteiger partial charge on any atom is 0.109 e. The Morgan fingerprint density at radius 3 is 2.88 bits per heavy atom. The number of aromatic nitrogens is 2. The highest BCUT2D eigenvalue weighted by Crippen LogP contribution is 2.37. The highest BCUT2D eigenvalue weighted by molar-refractivity contribution is 5.25. The molecule has 0 bridgehead atoms. The first-order chi connectivity index (χ1) is 7.66. The number of hydrogen-bond donors (Lipinski definition) is 0. The zero-order valence-electron chi connectivity index (χ0n) is 10.7. The molecule has 0 radical (unpaired) electrons. The second-order valence-corrected chi connectivity index (χ2v) is 5.92. The Morgan fingerprint density at radius 2 is 2.06 bits per heavy atom. The molecule has 16 heavy (non-hydrogen) atoms.